The second-order valence-electron chi connectivity index (χ2n) is 4.38. The summed E-state index contributed by atoms with van der Waals surface area (Å²) in [5.41, 5.74) is 2.14. The quantitative estimate of drug-likeness (QED) is 0.838. The van der Waals surface area contributed by atoms with E-state index in [1.807, 2.05) is 20.0 Å². The minimum Gasteiger partial charge on any atom is -0.341 e. The van der Waals surface area contributed by atoms with Crippen LogP contribution in [0.2, 0.25) is 0 Å². The minimum atomic E-state index is 0.810. The molecular weight excluding hydrogens is 200 g/mol. The molecule has 0 amide bonds. The molecule has 1 saturated heterocycles. The lowest BCUT2D eigenvalue weighted by molar-refractivity contribution is 0.566. The van der Waals surface area contributed by atoms with Crippen molar-refractivity contribution in [3.8, 4) is 0 Å². The topological polar surface area (TPSA) is 41.1 Å². The van der Waals surface area contributed by atoms with Crippen LogP contribution in [0.25, 0.3) is 0 Å². The number of aromatic nitrogens is 2. The van der Waals surface area contributed by atoms with Crippen molar-refractivity contribution in [1.82, 2.24) is 15.3 Å². The highest BCUT2D eigenvalue weighted by Gasteiger charge is 2.14. The van der Waals surface area contributed by atoms with Gasteiger partial charge in [-0.1, -0.05) is 0 Å². The molecule has 1 aliphatic heterocycles. The molecule has 88 valence electrons. The van der Waals surface area contributed by atoms with E-state index in [0.29, 0.717) is 0 Å². The van der Waals surface area contributed by atoms with Crippen LogP contribution in [-0.4, -0.2) is 30.1 Å². The number of nitrogens with zero attached hydrogens (tertiary/aromatic N) is 3. The van der Waals surface area contributed by atoms with Gasteiger partial charge in [0.05, 0.1) is 5.69 Å². The Morgan fingerprint density at radius 1 is 1.25 bits per heavy atom. The summed E-state index contributed by atoms with van der Waals surface area (Å²) < 4.78 is 0. The Morgan fingerprint density at radius 2 is 2.00 bits per heavy atom. The standard InChI is InChI=1S/C12H20N4/c1-10-8-11(9-13-2)15-12(14-10)16-6-4-3-5-7-16/h8,13H,3-7,9H2,1-2H3. The normalized spacial score (nSPS) is 16.5. The zero-order valence-electron chi connectivity index (χ0n) is 10.2. The van der Waals surface area contributed by atoms with E-state index >= 15 is 0 Å². The predicted molar refractivity (Wildman–Crippen MR) is 65.6 cm³/mol. The molecule has 1 N–H and O–H groups in total. The molecule has 0 saturated carbocycles. The summed E-state index contributed by atoms with van der Waals surface area (Å²) >= 11 is 0. The first-order chi connectivity index (χ1) is 7.79. The summed E-state index contributed by atoms with van der Waals surface area (Å²) in [6.07, 6.45) is 3.86. The van der Waals surface area contributed by atoms with Crippen molar-refractivity contribution in [1.29, 1.82) is 0 Å². The highest BCUT2D eigenvalue weighted by atomic mass is 15.3. The van der Waals surface area contributed by atoms with E-state index in [2.05, 4.69) is 20.2 Å². The van der Waals surface area contributed by atoms with E-state index < -0.39 is 0 Å². The molecule has 1 fully saturated rings. The van der Waals surface area contributed by atoms with Crippen LogP contribution in [0, 0.1) is 6.92 Å². The molecule has 0 aromatic carbocycles. The van der Waals surface area contributed by atoms with Crippen LogP contribution >= 0.6 is 0 Å². The Kier molecular flexibility index (Phi) is 3.72. The van der Waals surface area contributed by atoms with Crippen molar-refractivity contribution >= 4 is 5.95 Å². The first-order valence-electron chi connectivity index (χ1n) is 6.03. The molecule has 1 aliphatic rings. The van der Waals surface area contributed by atoms with E-state index in [9.17, 15) is 0 Å². The summed E-state index contributed by atoms with van der Waals surface area (Å²) in [6, 6.07) is 2.05. The molecule has 0 unspecified atom stereocenters. The van der Waals surface area contributed by atoms with Crippen LogP contribution in [0.3, 0.4) is 0 Å². The summed E-state index contributed by atoms with van der Waals surface area (Å²) in [6.45, 7) is 5.05. The van der Waals surface area contributed by atoms with Gasteiger partial charge in [-0.05, 0) is 39.3 Å². The van der Waals surface area contributed by atoms with Crippen LogP contribution in [0.15, 0.2) is 6.07 Å². The number of hydrogen-bond acceptors (Lipinski definition) is 4. The van der Waals surface area contributed by atoms with E-state index in [-0.39, 0.29) is 0 Å². The number of hydrogen-bond donors (Lipinski definition) is 1. The highest BCUT2D eigenvalue weighted by molar-refractivity contribution is 5.32. The molecule has 0 aliphatic carbocycles. The van der Waals surface area contributed by atoms with Gasteiger partial charge in [0.25, 0.3) is 0 Å². The van der Waals surface area contributed by atoms with Crippen molar-refractivity contribution in [2.75, 3.05) is 25.0 Å². The third kappa shape index (κ3) is 2.70. The average molecular weight is 220 g/mol. The Hall–Kier alpha value is -1.16. The molecule has 2 rings (SSSR count). The van der Waals surface area contributed by atoms with Gasteiger partial charge in [-0.25, -0.2) is 9.97 Å². The molecular formula is C12H20N4. The zero-order chi connectivity index (χ0) is 11.4. The fourth-order valence-corrected chi connectivity index (χ4v) is 2.12. The lowest BCUT2D eigenvalue weighted by Crippen LogP contribution is -2.31. The Morgan fingerprint density at radius 3 is 2.69 bits per heavy atom. The first-order valence-corrected chi connectivity index (χ1v) is 6.03. The van der Waals surface area contributed by atoms with Gasteiger partial charge in [-0.3, -0.25) is 0 Å². The van der Waals surface area contributed by atoms with Gasteiger partial charge in [0.15, 0.2) is 0 Å². The molecule has 4 nitrogen and oxygen atoms in total. The molecule has 0 atom stereocenters. The second-order valence-corrected chi connectivity index (χ2v) is 4.38. The molecule has 2 heterocycles. The lowest BCUT2D eigenvalue weighted by Gasteiger charge is -2.27. The number of nitrogens with one attached hydrogen (secondary N) is 1. The smallest absolute Gasteiger partial charge is 0.225 e. The maximum atomic E-state index is 4.60. The highest BCUT2D eigenvalue weighted by Crippen LogP contribution is 2.16. The minimum absolute atomic E-state index is 0.810. The fraction of sp³-hybridized carbons (Fsp3) is 0.667. The van der Waals surface area contributed by atoms with Gasteiger partial charge in [-0.2, -0.15) is 0 Å². The summed E-state index contributed by atoms with van der Waals surface area (Å²) in [5, 5.41) is 3.13. The Labute approximate surface area is 97.1 Å². The summed E-state index contributed by atoms with van der Waals surface area (Å²) in [5.74, 6) is 0.907. The molecule has 0 spiro atoms. The van der Waals surface area contributed by atoms with Crippen molar-refractivity contribution in [3.05, 3.63) is 17.5 Å². The van der Waals surface area contributed by atoms with Gasteiger partial charge in [0, 0.05) is 25.3 Å². The monoisotopic (exact) mass is 220 g/mol. The number of anilines is 1. The fourth-order valence-electron chi connectivity index (χ4n) is 2.12. The van der Waals surface area contributed by atoms with Gasteiger partial charge in [0.1, 0.15) is 0 Å². The largest absolute Gasteiger partial charge is 0.341 e. The van der Waals surface area contributed by atoms with Crippen LogP contribution in [0.5, 0.6) is 0 Å². The third-order valence-corrected chi connectivity index (χ3v) is 2.89. The number of piperidine rings is 1. The van der Waals surface area contributed by atoms with Gasteiger partial charge in [-0.15, -0.1) is 0 Å². The van der Waals surface area contributed by atoms with E-state index in [1.54, 1.807) is 0 Å². The van der Waals surface area contributed by atoms with E-state index in [0.717, 1.165) is 37.0 Å². The molecule has 4 heteroatoms. The van der Waals surface area contributed by atoms with Crippen molar-refractivity contribution in [2.24, 2.45) is 0 Å². The van der Waals surface area contributed by atoms with Crippen molar-refractivity contribution < 1.29 is 0 Å². The second kappa shape index (κ2) is 5.25. The average Bonchev–Trinajstić information content (AvgIpc) is 2.30. The first kappa shape index (κ1) is 11.3. The SMILES string of the molecule is CNCc1cc(C)nc(N2CCCCC2)n1. The van der Waals surface area contributed by atoms with Crippen LogP contribution in [0.4, 0.5) is 5.95 Å². The van der Waals surface area contributed by atoms with E-state index in [4.69, 9.17) is 0 Å². The maximum Gasteiger partial charge on any atom is 0.225 e. The number of aryl methyl sites for hydroxylation is 1. The molecule has 1 aromatic heterocycles. The van der Waals surface area contributed by atoms with Crippen molar-refractivity contribution in [3.63, 3.8) is 0 Å². The van der Waals surface area contributed by atoms with Crippen LogP contribution in [0.1, 0.15) is 30.7 Å². The summed E-state index contributed by atoms with van der Waals surface area (Å²) in [4.78, 5) is 11.4. The predicted octanol–water partition coefficient (Wildman–Crippen LogP) is 1.49. The van der Waals surface area contributed by atoms with E-state index in [1.165, 1.54) is 19.3 Å². The molecule has 0 bridgehead atoms. The number of rotatable bonds is 3. The van der Waals surface area contributed by atoms with Gasteiger partial charge in [0.2, 0.25) is 5.95 Å². The van der Waals surface area contributed by atoms with Gasteiger partial charge >= 0.3 is 0 Å². The van der Waals surface area contributed by atoms with Crippen LogP contribution < -0.4 is 10.2 Å². The van der Waals surface area contributed by atoms with Crippen LogP contribution in [-0.2, 0) is 6.54 Å². The zero-order valence-corrected chi connectivity index (χ0v) is 10.2. The maximum absolute atomic E-state index is 4.60. The molecule has 1 aromatic rings. The van der Waals surface area contributed by atoms with Gasteiger partial charge < -0.3 is 10.2 Å². The molecule has 0 radical (unpaired) electrons. The third-order valence-electron chi connectivity index (χ3n) is 2.89. The Balaban J connectivity index is 2.18. The lowest BCUT2D eigenvalue weighted by atomic mass is 10.1. The Bertz CT molecular complexity index is 345. The molecule has 16 heavy (non-hydrogen) atoms. The van der Waals surface area contributed by atoms with Crippen molar-refractivity contribution in [2.45, 2.75) is 32.7 Å². The summed E-state index contributed by atoms with van der Waals surface area (Å²) in [7, 11) is 1.94.